The maximum atomic E-state index is 13.6. The first-order valence-electron chi connectivity index (χ1n) is 10.1. The van der Waals surface area contributed by atoms with Gasteiger partial charge in [-0.05, 0) is 44.0 Å². The largest absolute Gasteiger partial charge is 0.379 e. The van der Waals surface area contributed by atoms with E-state index >= 15 is 0 Å². The van der Waals surface area contributed by atoms with Gasteiger partial charge in [-0.15, -0.1) is 0 Å². The van der Waals surface area contributed by atoms with Crippen molar-refractivity contribution >= 4 is 11.5 Å². The molecule has 0 bridgehead atoms. The maximum absolute atomic E-state index is 13.6. The van der Waals surface area contributed by atoms with Crippen LogP contribution in [0.15, 0.2) is 36.4 Å². The average molecular weight is 373 g/mol. The van der Waals surface area contributed by atoms with Crippen molar-refractivity contribution in [3.05, 3.63) is 42.0 Å². The van der Waals surface area contributed by atoms with Gasteiger partial charge in [0, 0.05) is 37.4 Å². The second-order valence-corrected chi connectivity index (χ2v) is 7.23. The van der Waals surface area contributed by atoms with Crippen molar-refractivity contribution in [1.29, 1.82) is 0 Å². The number of nitrogens with zero attached hydrogens (tertiary/aromatic N) is 2. The molecule has 1 atom stereocenters. The van der Waals surface area contributed by atoms with Crippen molar-refractivity contribution in [2.75, 3.05) is 57.5 Å². The molecule has 2 aliphatic heterocycles. The number of ketones is 1. The molecule has 0 amide bonds. The van der Waals surface area contributed by atoms with Crippen molar-refractivity contribution < 1.29 is 14.3 Å². The molecule has 2 aliphatic rings. The fraction of sp³-hybridized carbons (Fsp3) is 0.591. The van der Waals surface area contributed by atoms with Crippen molar-refractivity contribution in [1.82, 2.24) is 4.90 Å². The van der Waals surface area contributed by atoms with Crippen LogP contribution in [0.25, 0.3) is 0 Å². The molecule has 5 nitrogen and oxygen atoms in total. The van der Waals surface area contributed by atoms with E-state index in [1.165, 1.54) is 0 Å². The number of Topliss-reactive ketones (excluding diaryl/α,β-unsaturated/α-hetero) is 1. The van der Waals surface area contributed by atoms with Gasteiger partial charge in [-0.1, -0.05) is 19.1 Å². The summed E-state index contributed by atoms with van der Waals surface area (Å²) in [7, 11) is 0. The van der Waals surface area contributed by atoms with E-state index in [2.05, 4.69) is 34.9 Å². The Kier molecular flexibility index (Phi) is 7.05. The van der Waals surface area contributed by atoms with E-state index in [9.17, 15) is 4.79 Å². The Balaban J connectivity index is 1.83. The lowest BCUT2D eigenvalue weighted by atomic mass is 9.81. The van der Waals surface area contributed by atoms with Gasteiger partial charge in [0.15, 0.2) is 5.78 Å². The van der Waals surface area contributed by atoms with Crippen LogP contribution in [-0.2, 0) is 9.47 Å². The smallest absolute Gasteiger partial charge is 0.183 e. The molecule has 2 saturated heterocycles. The molecule has 0 aromatic heterocycles. The summed E-state index contributed by atoms with van der Waals surface area (Å²) >= 11 is 0. The molecule has 27 heavy (non-hydrogen) atoms. The van der Waals surface area contributed by atoms with Crippen LogP contribution in [0.5, 0.6) is 0 Å². The molecule has 5 heteroatoms. The van der Waals surface area contributed by atoms with Crippen LogP contribution in [0.1, 0.15) is 37.0 Å². The van der Waals surface area contributed by atoms with Gasteiger partial charge < -0.3 is 14.4 Å². The van der Waals surface area contributed by atoms with E-state index in [4.69, 9.17) is 9.47 Å². The molecular weight excluding hydrogens is 340 g/mol. The molecule has 0 saturated carbocycles. The second kappa shape index (κ2) is 9.49. The number of allylic oxidation sites excluding steroid dienone is 1. The summed E-state index contributed by atoms with van der Waals surface area (Å²) in [5, 5.41) is 0. The average Bonchev–Trinajstić information content (AvgIpc) is 2.76. The molecule has 0 spiro atoms. The Bertz CT molecular complexity index is 631. The number of benzene rings is 1. The van der Waals surface area contributed by atoms with E-state index in [0.29, 0.717) is 13.2 Å². The number of carbonyl (C=O) groups is 1. The number of ether oxygens (including phenoxy) is 2. The fourth-order valence-electron chi connectivity index (χ4n) is 4.11. The van der Waals surface area contributed by atoms with E-state index < -0.39 is 5.54 Å². The Morgan fingerprint density at radius 1 is 1.04 bits per heavy atom. The van der Waals surface area contributed by atoms with Crippen LogP contribution in [0, 0.1) is 0 Å². The third kappa shape index (κ3) is 4.42. The highest BCUT2D eigenvalue weighted by molar-refractivity contribution is 6.03. The van der Waals surface area contributed by atoms with Gasteiger partial charge in [0.25, 0.3) is 0 Å². The van der Waals surface area contributed by atoms with Gasteiger partial charge in [-0.3, -0.25) is 9.69 Å². The van der Waals surface area contributed by atoms with Crippen LogP contribution < -0.4 is 4.90 Å². The minimum Gasteiger partial charge on any atom is -0.379 e. The number of rotatable bonds is 7. The summed E-state index contributed by atoms with van der Waals surface area (Å²) in [6.45, 7) is 10.5. The highest BCUT2D eigenvalue weighted by Crippen LogP contribution is 2.31. The molecule has 3 rings (SSSR count). The predicted octanol–water partition coefficient (Wildman–Crippen LogP) is 3.15. The lowest BCUT2D eigenvalue weighted by Gasteiger charge is -2.44. The van der Waals surface area contributed by atoms with Crippen molar-refractivity contribution in [3.8, 4) is 0 Å². The zero-order valence-electron chi connectivity index (χ0n) is 16.7. The van der Waals surface area contributed by atoms with Gasteiger partial charge in [-0.2, -0.15) is 0 Å². The first-order valence-corrected chi connectivity index (χ1v) is 10.1. The van der Waals surface area contributed by atoms with E-state index in [-0.39, 0.29) is 5.78 Å². The molecule has 1 aromatic rings. The molecule has 148 valence electrons. The summed E-state index contributed by atoms with van der Waals surface area (Å²) in [5.74, 6) is 0.221. The van der Waals surface area contributed by atoms with Gasteiger partial charge in [0.1, 0.15) is 0 Å². The standard InChI is InChI=1S/C22H32N2O3/c1-3-5-10-22(4-2,24-13-17-27-18-14-24)21(25)19-6-8-20(9-7-19)23-11-15-26-16-12-23/h3,5-9H,4,10-18H2,1-2H3. The molecule has 2 heterocycles. The quantitative estimate of drug-likeness (QED) is 0.543. The van der Waals surface area contributed by atoms with E-state index in [0.717, 1.165) is 63.5 Å². The third-order valence-electron chi connectivity index (χ3n) is 5.82. The molecular formula is C22H32N2O3. The molecule has 0 aliphatic carbocycles. The summed E-state index contributed by atoms with van der Waals surface area (Å²) in [5.41, 5.74) is 1.47. The van der Waals surface area contributed by atoms with Gasteiger partial charge in [0.05, 0.1) is 32.0 Å². The maximum Gasteiger partial charge on any atom is 0.183 e. The highest BCUT2D eigenvalue weighted by Gasteiger charge is 2.42. The van der Waals surface area contributed by atoms with Gasteiger partial charge in [0.2, 0.25) is 0 Å². The summed E-state index contributed by atoms with van der Waals surface area (Å²) in [4.78, 5) is 18.3. The van der Waals surface area contributed by atoms with E-state index in [1.807, 2.05) is 25.1 Å². The van der Waals surface area contributed by atoms with Crippen molar-refractivity contribution in [2.24, 2.45) is 0 Å². The molecule has 0 radical (unpaired) electrons. The third-order valence-corrected chi connectivity index (χ3v) is 5.82. The number of anilines is 1. The summed E-state index contributed by atoms with van der Waals surface area (Å²) < 4.78 is 11.0. The Hall–Kier alpha value is -1.69. The zero-order valence-corrected chi connectivity index (χ0v) is 16.7. The van der Waals surface area contributed by atoms with Crippen LogP contribution in [0.2, 0.25) is 0 Å². The van der Waals surface area contributed by atoms with Crippen LogP contribution in [0.3, 0.4) is 0 Å². The van der Waals surface area contributed by atoms with Crippen LogP contribution in [0.4, 0.5) is 5.69 Å². The van der Waals surface area contributed by atoms with Gasteiger partial charge >= 0.3 is 0 Å². The van der Waals surface area contributed by atoms with E-state index in [1.54, 1.807) is 0 Å². The monoisotopic (exact) mass is 372 g/mol. The number of hydrogen-bond donors (Lipinski definition) is 0. The van der Waals surface area contributed by atoms with Gasteiger partial charge in [-0.25, -0.2) is 0 Å². The Labute approximate surface area is 162 Å². The SMILES string of the molecule is CC=CCC(CC)(C(=O)c1ccc(N2CCOCC2)cc1)N1CCOCC1. The molecule has 0 N–H and O–H groups in total. The minimum atomic E-state index is -0.489. The minimum absolute atomic E-state index is 0.221. The Morgan fingerprint density at radius 2 is 1.63 bits per heavy atom. The molecule has 1 unspecified atom stereocenters. The predicted molar refractivity (Wildman–Crippen MR) is 109 cm³/mol. The molecule has 1 aromatic carbocycles. The topological polar surface area (TPSA) is 42.0 Å². The fourth-order valence-corrected chi connectivity index (χ4v) is 4.11. The van der Waals surface area contributed by atoms with Crippen molar-refractivity contribution in [2.45, 2.75) is 32.2 Å². The highest BCUT2D eigenvalue weighted by atomic mass is 16.5. The number of hydrogen-bond acceptors (Lipinski definition) is 5. The Morgan fingerprint density at radius 3 is 2.19 bits per heavy atom. The van der Waals surface area contributed by atoms with Crippen LogP contribution >= 0.6 is 0 Å². The lowest BCUT2D eigenvalue weighted by molar-refractivity contribution is -0.0154. The summed E-state index contributed by atoms with van der Waals surface area (Å²) in [6, 6.07) is 8.14. The normalized spacial score (nSPS) is 21.3. The van der Waals surface area contributed by atoms with Crippen LogP contribution in [-0.4, -0.2) is 68.8 Å². The first kappa shape index (κ1) is 20.1. The number of carbonyl (C=O) groups excluding carboxylic acids is 1. The zero-order chi connectivity index (χ0) is 19.1. The first-order chi connectivity index (χ1) is 13.2. The summed E-state index contributed by atoms with van der Waals surface area (Å²) in [6.07, 6.45) is 5.70. The second-order valence-electron chi connectivity index (χ2n) is 7.23. The lowest BCUT2D eigenvalue weighted by Crippen LogP contribution is -2.57. The van der Waals surface area contributed by atoms with Crippen molar-refractivity contribution in [3.63, 3.8) is 0 Å². The number of morpholine rings is 2. The molecule has 2 fully saturated rings.